The Morgan fingerprint density at radius 1 is 1.55 bits per heavy atom. The van der Waals surface area contributed by atoms with Crippen molar-refractivity contribution in [3.63, 3.8) is 0 Å². The molecule has 0 aromatic rings. The van der Waals surface area contributed by atoms with Crippen LogP contribution in [0.25, 0.3) is 0 Å². The van der Waals surface area contributed by atoms with E-state index < -0.39 is 0 Å². The molecular weight excluding hydrogens is 249 g/mol. The van der Waals surface area contributed by atoms with Crippen LogP contribution in [0.15, 0.2) is 36.1 Å². The molecule has 0 saturated carbocycles. The summed E-state index contributed by atoms with van der Waals surface area (Å²) >= 11 is 0. The first-order valence-electron chi connectivity index (χ1n) is 3.45. The summed E-state index contributed by atoms with van der Waals surface area (Å²) in [7, 11) is 2.09. The molecule has 0 radical (unpaired) electrons. The van der Waals surface area contributed by atoms with E-state index in [1.807, 2.05) is 6.08 Å². The lowest BCUT2D eigenvalue weighted by Gasteiger charge is -2.23. The van der Waals surface area contributed by atoms with E-state index in [9.17, 15) is 0 Å². The average Bonchev–Trinajstić information content (AvgIpc) is 1.95. The monoisotopic (exact) mass is 263 g/mol. The predicted molar refractivity (Wildman–Crippen MR) is 60.1 cm³/mol. The summed E-state index contributed by atoms with van der Waals surface area (Å²) in [4.78, 5) is 2.21. The largest absolute Gasteiger partial charge is 0.374 e. The minimum Gasteiger partial charge on any atom is -0.374 e. The van der Waals surface area contributed by atoms with E-state index in [1.165, 1.54) is 11.3 Å². The van der Waals surface area contributed by atoms with Gasteiger partial charge in [0.05, 0.1) is 0 Å². The molecule has 1 heterocycles. The molecule has 0 atom stereocenters. The summed E-state index contributed by atoms with van der Waals surface area (Å²) in [5.74, 6) is 0. The number of allylic oxidation sites excluding steroid dienone is 3. The number of halogens is 1. The summed E-state index contributed by atoms with van der Waals surface area (Å²) < 4.78 is 0. The maximum atomic E-state index is 3.72. The first-order valence-corrected chi connectivity index (χ1v) is 3.45. The van der Waals surface area contributed by atoms with Crippen molar-refractivity contribution in [2.75, 3.05) is 13.6 Å². The second-order valence-electron chi connectivity index (χ2n) is 2.61. The summed E-state index contributed by atoms with van der Waals surface area (Å²) in [5, 5.41) is 0. The van der Waals surface area contributed by atoms with Gasteiger partial charge in [-0.3, -0.25) is 0 Å². The number of rotatable bonds is 1. The van der Waals surface area contributed by atoms with Gasteiger partial charge in [-0.25, -0.2) is 0 Å². The maximum Gasteiger partial charge on any atom is 0.0422 e. The third kappa shape index (κ3) is 2.69. The fraction of sp³-hybridized carbons (Fsp3) is 0.333. The standard InChI is InChI=1S/C9H13N.HI/c1-4-9-6-5-8(2)10(3)7-9;/h4-6H,1,7H2,2-3H3;1H. The highest BCUT2D eigenvalue weighted by Crippen LogP contribution is 2.11. The Morgan fingerprint density at radius 3 is 2.64 bits per heavy atom. The van der Waals surface area contributed by atoms with Gasteiger partial charge in [0.1, 0.15) is 0 Å². The molecule has 0 fully saturated rings. The van der Waals surface area contributed by atoms with Gasteiger partial charge in [0.15, 0.2) is 0 Å². The van der Waals surface area contributed by atoms with Crippen molar-refractivity contribution in [3.8, 4) is 0 Å². The molecule has 0 aromatic heterocycles. The van der Waals surface area contributed by atoms with Crippen molar-refractivity contribution in [2.24, 2.45) is 0 Å². The van der Waals surface area contributed by atoms with Crippen molar-refractivity contribution in [3.05, 3.63) is 36.1 Å². The van der Waals surface area contributed by atoms with Crippen molar-refractivity contribution in [1.82, 2.24) is 4.90 Å². The molecule has 0 saturated heterocycles. The van der Waals surface area contributed by atoms with Crippen LogP contribution in [0.3, 0.4) is 0 Å². The molecule has 62 valence electrons. The fourth-order valence-electron chi connectivity index (χ4n) is 0.939. The summed E-state index contributed by atoms with van der Waals surface area (Å²) in [6.45, 7) is 6.82. The van der Waals surface area contributed by atoms with E-state index in [-0.39, 0.29) is 24.0 Å². The molecule has 0 unspecified atom stereocenters. The van der Waals surface area contributed by atoms with Crippen LogP contribution in [0.5, 0.6) is 0 Å². The number of likely N-dealkylation sites (N-methyl/N-ethyl adjacent to an activating group) is 1. The molecule has 0 N–H and O–H groups in total. The Bertz CT molecular complexity index is 204. The zero-order valence-corrected chi connectivity index (χ0v) is 9.33. The third-order valence-electron chi connectivity index (χ3n) is 1.82. The zero-order chi connectivity index (χ0) is 7.56. The second kappa shape index (κ2) is 4.59. The van der Waals surface area contributed by atoms with Crippen molar-refractivity contribution in [2.45, 2.75) is 6.92 Å². The van der Waals surface area contributed by atoms with Crippen LogP contribution in [0.4, 0.5) is 0 Å². The first-order chi connectivity index (χ1) is 4.74. The summed E-state index contributed by atoms with van der Waals surface area (Å²) in [6.07, 6.45) is 6.13. The molecule has 0 aromatic carbocycles. The Morgan fingerprint density at radius 2 is 2.18 bits per heavy atom. The van der Waals surface area contributed by atoms with Crippen molar-refractivity contribution < 1.29 is 0 Å². The Kier molecular flexibility index (Phi) is 4.49. The highest BCUT2D eigenvalue weighted by atomic mass is 127. The third-order valence-corrected chi connectivity index (χ3v) is 1.82. The molecule has 1 aliphatic heterocycles. The van der Waals surface area contributed by atoms with Gasteiger partial charge in [-0.05, 0) is 18.6 Å². The zero-order valence-electron chi connectivity index (χ0n) is 7.00. The topological polar surface area (TPSA) is 3.24 Å². The maximum absolute atomic E-state index is 3.72. The SMILES string of the molecule is C=CC1=CC=C(C)N(C)C1.I. The summed E-state index contributed by atoms with van der Waals surface area (Å²) in [6, 6.07) is 0. The minimum absolute atomic E-state index is 0. The van der Waals surface area contributed by atoms with Gasteiger partial charge >= 0.3 is 0 Å². The molecule has 11 heavy (non-hydrogen) atoms. The van der Waals surface area contributed by atoms with Crippen LogP contribution in [-0.4, -0.2) is 18.5 Å². The average molecular weight is 263 g/mol. The highest BCUT2D eigenvalue weighted by Gasteiger charge is 2.03. The number of hydrogen-bond donors (Lipinski definition) is 0. The molecular formula is C9H14IN. The first kappa shape index (κ1) is 10.8. The normalized spacial score (nSPS) is 16.4. The van der Waals surface area contributed by atoms with E-state index in [0.29, 0.717) is 0 Å². The Hall–Kier alpha value is -0.250. The molecule has 0 bridgehead atoms. The van der Waals surface area contributed by atoms with Crippen molar-refractivity contribution in [1.29, 1.82) is 0 Å². The van der Waals surface area contributed by atoms with Crippen LogP contribution in [0, 0.1) is 0 Å². The molecule has 1 aliphatic rings. The minimum atomic E-state index is 0. The van der Waals surface area contributed by atoms with E-state index >= 15 is 0 Å². The molecule has 0 spiro atoms. The van der Waals surface area contributed by atoms with Gasteiger partial charge in [0.25, 0.3) is 0 Å². The van der Waals surface area contributed by atoms with Gasteiger partial charge in [-0.2, -0.15) is 0 Å². The number of nitrogens with zero attached hydrogens (tertiary/aromatic N) is 1. The smallest absolute Gasteiger partial charge is 0.0422 e. The van der Waals surface area contributed by atoms with E-state index in [2.05, 4.69) is 37.6 Å². The van der Waals surface area contributed by atoms with E-state index in [1.54, 1.807) is 0 Å². The highest BCUT2D eigenvalue weighted by molar-refractivity contribution is 14.0. The van der Waals surface area contributed by atoms with Gasteiger partial charge < -0.3 is 4.90 Å². The summed E-state index contributed by atoms with van der Waals surface area (Å²) in [5.41, 5.74) is 2.60. The van der Waals surface area contributed by atoms with Gasteiger partial charge in [0.2, 0.25) is 0 Å². The van der Waals surface area contributed by atoms with Crippen LogP contribution in [0.1, 0.15) is 6.92 Å². The molecule has 0 aliphatic carbocycles. The lowest BCUT2D eigenvalue weighted by atomic mass is 10.1. The second-order valence-corrected chi connectivity index (χ2v) is 2.61. The lowest BCUT2D eigenvalue weighted by Crippen LogP contribution is -2.20. The quantitative estimate of drug-likeness (QED) is 0.657. The van der Waals surface area contributed by atoms with Gasteiger partial charge in [-0.1, -0.05) is 18.7 Å². The Balaban J connectivity index is 0.000001000. The van der Waals surface area contributed by atoms with Crippen LogP contribution in [-0.2, 0) is 0 Å². The van der Waals surface area contributed by atoms with Crippen LogP contribution >= 0.6 is 24.0 Å². The molecule has 1 nitrogen and oxygen atoms in total. The van der Waals surface area contributed by atoms with E-state index in [0.717, 1.165) is 6.54 Å². The molecule has 0 amide bonds. The van der Waals surface area contributed by atoms with Crippen LogP contribution in [0.2, 0.25) is 0 Å². The van der Waals surface area contributed by atoms with E-state index in [4.69, 9.17) is 0 Å². The lowest BCUT2D eigenvalue weighted by molar-refractivity contribution is 0.452. The Labute approximate surface area is 85.5 Å². The number of hydrogen-bond acceptors (Lipinski definition) is 1. The molecule has 1 rings (SSSR count). The fourth-order valence-corrected chi connectivity index (χ4v) is 0.939. The van der Waals surface area contributed by atoms with Gasteiger partial charge in [0, 0.05) is 19.3 Å². The predicted octanol–water partition coefficient (Wildman–Crippen LogP) is 2.57. The molecule has 2 heteroatoms. The van der Waals surface area contributed by atoms with Gasteiger partial charge in [-0.15, -0.1) is 24.0 Å². The van der Waals surface area contributed by atoms with Crippen LogP contribution < -0.4 is 0 Å². The van der Waals surface area contributed by atoms with Crippen molar-refractivity contribution >= 4 is 24.0 Å².